The minimum absolute atomic E-state index is 0.0688. The number of hydrogen-bond donors (Lipinski definition) is 1. The molecule has 0 saturated heterocycles. The highest BCUT2D eigenvalue weighted by Gasteiger charge is 2.36. The molecule has 1 aromatic carbocycles. The molecule has 38 heavy (non-hydrogen) atoms. The monoisotopic (exact) mass is 554 g/mol. The van der Waals surface area contributed by atoms with Gasteiger partial charge in [-0.15, -0.1) is 23.1 Å². The topological polar surface area (TPSA) is 106 Å². The summed E-state index contributed by atoms with van der Waals surface area (Å²) in [6, 6.07) is 8.68. The van der Waals surface area contributed by atoms with Crippen molar-refractivity contribution < 1.29 is 28.2 Å². The van der Waals surface area contributed by atoms with Crippen molar-refractivity contribution in [1.82, 2.24) is 19.9 Å². The number of allylic oxidation sites excluding steroid dienone is 4. The lowest BCUT2D eigenvalue weighted by molar-refractivity contribution is -0.137. The largest absolute Gasteiger partial charge is 0.486 e. The molecule has 0 spiro atoms. The highest BCUT2D eigenvalue weighted by atomic mass is 32.2. The summed E-state index contributed by atoms with van der Waals surface area (Å²) >= 11 is 2.67. The molecular weight excluding hydrogens is 534 g/mol. The van der Waals surface area contributed by atoms with E-state index in [0.717, 1.165) is 10.5 Å². The van der Waals surface area contributed by atoms with Crippen LogP contribution in [0.25, 0.3) is 5.57 Å². The molecule has 2 aromatic heterocycles. The van der Waals surface area contributed by atoms with Crippen LogP contribution in [0.5, 0.6) is 5.75 Å². The molecule has 3 aromatic rings. The summed E-state index contributed by atoms with van der Waals surface area (Å²) in [4.78, 5) is 37.7. The Balaban J connectivity index is 1.22. The van der Waals surface area contributed by atoms with E-state index in [9.17, 15) is 23.5 Å². The molecule has 5 rings (SSSR count). The van der Waals surface area contributed by atoms with E-state index in [1.54, 1.807) is 47.2 Å². The van der Waals surface area contributed by atoms with E-state index >= 15 is 0 Å². The average Bonchev–Trinajstić information content (AvgIpc) is 3.60. The number of fused-ring (bicyclic) bond motifs is 1. The number of thiazole rings is 1. The fraction of sp³-hybridized carbons (Fsp3) is 0.192. The van der Waals surface area contributed by atoms with Gasteiger partial charge in [0.1, 0.15) is 41.3 Å². The summed E-state index contributed by atoms with van der Waals surface area (Å²) in [5.74, 6) is -3.04. The van der Waals surface area contributed by atoms with Crippen LogP contribution in [0.1, 0.15) is 26.9 Å². The number of carbonyl (C=O) groups is 2. The third-order valence-corrected chi connectivity index (χ3v) is 7.81. The Morgan fingerprint density at radius 1 is 1.13 bits per heavy atom. The van der Waals surface area contributed by atoms with Gasteiger partial charge in [-0.2, -0.15) is 0 Å². The van der Waals surface area contributed by atoms with Gasteiger partial charge < -0.3 is 14.7 Å². The molecule has 0 fully saturated rings. The molecule has 2 unspecified atom stereocenters. The summed E-state index contributed by atoms with van der Waals surface area (Å²) in [5, 5.41) is 12.9. The highest BCUT2D eigenvalue weighted by Crippen LogP contribution is 2.47. The van der Waals surface area contributed by atoms with Crippen LogP contribution in [0.15, 0.2) is 77.3 Å². The molecule has 1 aliphatic heterocycles. The second kappa shape index (κ2) is 11.2. The molecule has 8 nitrogen and oxygen atoms in total. The molecule has 1 N–H and O–H groups in total. The molecule has 3 heterocycles. The van der Waals surface area contributed by atoms with Crippen LogP contribution in [-0.2, 0) is 17.9 Å². The standard InChI is InChI=1S/C26H20F2N4O4S2/c27-19-10-18(25-17(24(19)28)6-9-37-25)15-2-4-16(5-3-15)36-13-22-31-20(14-38-22)26(35)32(12-23(33)34)11-21-29-7-1-8-30-21/h1-10,14,17,25H,11-13H2,(H,33,34). The molecule has 1 aliphatic carbocycles. The van der Waals surface area contributed by atoms with E-state index in [2.05, 4.69) is 15.0 Å². The zero-order valence-corrected chi connectivity index (χ0v) is 21.3. The first kappa shape index (κ1) is 25.7. The Hall–Kier alpha value is -3.90. The SMILES string of the molecule is O=C(O)CN(Cc1ncccn1)C(=O)c1csc(COc2ccc(C3=CC(F)=C(F)C4C=CSC34)cc2)n1. The zero-order chi connectivity index (χ0) is 26.6. The summed E-state index contributed by atoms with van der Waals surface area (Å²) < 4.78 is 34.0. The second-order valence-electron chi connectivity index (χ2n) is 8.37. The van der Waals surface area contributed by atoms with Crippen molar-refractivity contribution in [2.45, 2.75) is 18.4 Å². The lowest BCUT2D eigenvalue weighted by atomic mass is 9.88. The Kier molecular flexibility index (Phi) is 7.61. The Morgan fingerprint density at radius 3 is 2.63 bits per heavy atom. The number of carboxylic acids is 1. The van der Waals surface area contributed by atoms with Crippen LogP contribution >= 0.6 is 23.1 Å². The number of thioether (sulfide) groups is 1. The predicted molar refractivity (Wildman–Crippen MR) is 139 cm³/mol. The normalized spacial score (nSPS) is 18.2. The maximum atomic E-state index is 14.1. The number of ether oxygens (including phenoxy) is 1. The maximum absolute atomic E-state index is 14.1. The zero-order valence-electron chi connectivity index (χ0n) is 19.7. The summed E-state index contributed by atoms with van der Waals surface area (Å²) in [6.45, 7) is -0.500. The van der Waals surface area contributed by atoms with Gasteiger partial charge in [-0.05, 0) is 40.8 Å². The number of rotatable bonds is 9. The minimum atomic E-state index is -1.16. The molecule has 2 aliphatic rings. The second-order valence-corrected chi connectivity index (χ2v) is 10.4. The average molecular weight is 555 g/mol. The lowest BCUT2D eigenvalue weighted by Crippen LogP contribution is -2.36. The van der Waals surface area contributed by atoms with Gasteiger partial charge in [0.25, 0.3) is 5.91 Å². The summed E-state index contributed by atoms with van der Waals surface area (Å²) in [6.07, 6.45) is 5.95. The molecular formula is C26H20F2N4O4S2. The van der Waals surface area contributed by atoms with Gasteiger partial charge >= 0.3 is 5.97 Å². The highest BCUT2D eigenvalue weighted by molar-refractivity contribution is 8.03. The van der Waals surface area contributed by atoms with Crippen molar-refractivity contribution in [2.24, 2.45) is 5.92 Å². The molecule has 1 amide bonds. The van der Waals surface area contributed by atoms with E-state index in [4.69, 9.17) is 4.74 Å². The maximum Gasteiger partial charge on any atom is 0.323 e. The molecule has 0 bridgehead atoms. The molecule has 2 atom stereocenters. The first-order valence-corrected chi connectivity index (χ1v) is 13.2. The van der Waals surface area contributed by atoms with Crippen LogP contribution in [-0.4, -0.2) is 48.6 Å². The third-order valence-electron chi connectivity index (χ3n) is 5.83. The van der Waals surface area contributed by atoms with Crippen LogP contribution in [0.2, 0.25) is 0 Å². The van der Waals surface area contributed by atoms with E-state index in [1.165, 1.54) is 41.6 Å². The fourth-order valence-corrected chi connectivity index (χ4v) is 5.89. The van der Waals surface area contributed by atoms with E-state index in [-0.39, 0.29) is 24.1 Å². The quantitative estimate of drug-likeness (QED) is 0.393. The Labute approximate surface area is 224 Å². The lowest BCUT2D eigenvalue weighted by Gasteiger charge is -2.25. The van der Waals surface area contributed by atoms with Gasteiger partial charge in [-0.3, -0.25) is 9.59 Å². The van der Waals surface area contributed by atoms with Gasteiger partial charge in [-0.25, -0.2) is 23.7 Å². The van der Waals surface area contributed by atoms with Crippen molar-refractivity contribution in [1.29, 1.82) is 0 Å². The number of halogens is 2. The molecule has 12 heteroatoms. The van der Waals surface area contributed by atoms with Crippen molar-refractivity contribution >= 4 is 40.5 Å². The number of carboxylic acid groups (broad SMARTS) is 1. The molecule has 0 radical (unpaired) electrons. The third kappa shape index (κ3) is 5.65. The number of aromatic nitrogens is 3. The van der Waals surface area contributed by atoms with Crippen LogP contribution in [0.4, 0.5) is 8.78 Å². The van der Waals surface area contributed by atoms with Gasteiger partial charge in [-0.1, -0.05) is 18.2 Å². The smallest absolute Gasteiger partial charge is 0.323 e. The number of aliphatic carboxylic acids is 1. The Bertz CT molecular complexity index is 1440. The van der Waals surface area contributed by atoms with E-state index in [0.29, 0.717) is 22.2 Å². The molecule has 0 saturated carbocycles. The predicted octanol–water partition coefficient (Wildman–Crippen LogP) is 5.03. The van der Waals surface area contributed by atoms with Gasteiger partial charge in [0, 0.05) is 28.9 Å². The Morgan fingerprint density at radius 2 is 1.89 bits per heavy atom. The fourth-order valence-electron chi connectivity index (χ4n) is 4.05. The van der Waals surface area contributed by atoms with Crippen LogP contribution in [0.3, 0.4) is 0 Å². The number of benzene rings is 1. The number of hydrogen-bond acceptors (Lipinski definition) is 8. The molecule has 194 valence electrons. The minimum Gasteiger partial charge on any atom is -0.486 e. The van der Waals surface area contributed by atoms with Crippen molar-refractivity contribution in [3.63, 3.8) is 0 Å². The summed E-state index contributed by atoms with van der Waals surface area (Å²) in [7, 11) is 0. The van der Waals surface area contributed by atoms with Crippen molar-refractivity contribution in [3.8, 4) is 5.75 Å². The van der Waals surface area contributed by atoms with E-state index < -0.39 is 36.0 Å². The first-order valence-electron chi connectivity index (χ1n) is 11.4. The van der Waals surface area contributed by atoms with Crippen LogP contribution < -0.4 is 4.74 Å². The van der Waals surface area contributed by atoms with Gasteiger partial charge in [0.15, 0.2) is 5.83 Å². The number of nitrogens with zero attached hydrogens (tertiary/aromatic N) is 4. The van der Waals surface area contributed by atoms with E-state index in [1.807, 2.05) is 0 Å². The number of amides is 1. The first-order chi connectivity index (χ1) is 18.4. The number of carbonyl (C=O) groups excluding carboxylic acids is 1. The van der Waals surface area contributed by atoms with Gasteiger partial charge in [0.05, 0.1) is 6.54 Å². The van der Waals surface area contributed by atoms with Gasteiger partial charge in [0.2, 0.25) is 0 Å². The van der Waals surface area contributed by atoms with Crippen molar-refractivity contribution in [2.75, 3.05) is 6.54 Å². The van der Waals surface area contributed by atoms with Crippen molar-refractivity contribution in [3.05, 3.63) is 99.4 Å². The van der Waals surface area contributed by atoms with Crippen LogP contribution in [0, 0.1) is 5.92 Å². The summed E-state index contributed by atoms with van der Waals surface area (Å²) in [5.41, 5.74) is 1.59.